The van der Waals surface area contributed by atoms with Gasteiger partial charge < -0.3 is 14.5 Å². The molecule has 0 unspecified atom stereocenters. The minimum atomic E-state index is -0.433. The lowest BCUT2D eigenvalue weighted by molar-refractivity contribution is 0.386. The van der Waals surface area contributed by atoms with Crippen LogP contribution < -0.4 is 10.1 Å². The van der Waals surface area contributed by atoms with Crippen molar-refractivity contribution in [2.45, 2.75) is 32.9 Å². The molecular weight excluding hydrogens is 259 g/mol. The third-order valence-electron chi connectivity index (χ3n) is 2.75. The lowest BCUT2D eigenvalue weighted by Gasteiger charge is -2.19. The van der Waals surface area contributed by atoms with E-state index in [0.717, 1.165) is 5.69 Å². The van der Waals surface area contributed by atoms with Crippen molar-refractivity contribution in [2.24, 2.45) is 0 Å². The van der Waals surface area contributed by atoms with Gasteiger partial charge >= 0.3 is 0 Å². The molecule has 0 radical (unpaired) electrons. The van der Waals surface area contributed by atoms with Gasteiger partial charge in [-0.3, -0.25) is 0 Å². The molecule has 108 valence electrons. The van der Waals surface area contributed by atoms with E-state index in [0.29, 0.717) is 18.0 Å². The number of nitrogens with zero attached hydrogens (tertiary/aromatic N) is 1. The van der Waals surface area contributed by atoms with Crippen LogP contribution in [0.25, 0.3) is 11.5 Å². The maximum atomic E-state index is 13.6. The van der Waals surface area contributed by atoms with E-state index in [2.05, 4.69) is 31.1 Å². The van der Waals surface area contributed by atoms with Crippen molar-refractivity contribution in [3.8, 4) is 17.2 Å². The first-order valence-electron chi connectivity index (χ1n) is 6.42. The molecule has 0 aliphatic carbocycles. The van der Waals surface area contributed by atoms with Crippen LogP contribution >= 0.6 is 0 Å². The molecule has 0 bridgehead atoms. The van der Waals surface area contributed by atoms with Gasteiger partial charge in [-0.15, -0.1) is 0 Å². The summed E-state index contributed by atoms with van der Waals surface area (Å²) in [6, 6.07) is 4.63. The summed E-state index contributed by atoms with van der Waals surface area (Å²) in [7, 11) is 1.43. The second-order valence-electron chi connectivity index (χ2n) is 5.60. The second-order valence-corrected chi connectivity index (χ2v) is 5.60. The fourth-order valence-electron chi connectivity index (χ4n) is 1.68. The van der Waals surface area contributed by atoms with Crippen molar-refractivity contribution in [1.82, 2.24) is 10.3 Å². The first kappa shape index (κ1) is 14.5. The first-order chi connectivity index (χ1) is 9.39. The van der Waals surface area contributed by atoms with Crippen LogP contribution in [0.3, 0.4) is 0 Å². The average molecular weight is 278 g/mol. The van der Waals surface area contributed by atoms with Gasteiger partial charge in [0, 0.05) is 17.6 Å². The Kier molecular flexibility index (Phi) is 4.09. The highest BCUT2D eigenvalue weighted by atomic mass is 19.1. The summed E-state index contributed by atoms with van der Waals surface area (Å²) < 4.78 is 23.9. The van der Waals surface area contributed by atoms with Gasteiger partial charge in [0.25, 0.3) is 0 Å². The summed E-state index contributed by atoms with van der Waals surface area (Å²) in [4.78, 5) is 4.34. The van der Waals surface area contributed by atoms with Crippen molar-refractivity contribution in [3.63, 3.8) is 0 Å². The van der Waals surface area contributed by atoms with Crippen LogP contribution in [0, 0.1) is 5.82 Å². The number of halogens is 1. The zero-order valence-electron chi connectivity index (χ0n) is 12.2. The highest BCUT2D eigenvalue weighted by molar-refractivity contribution is 5.55. The Labute approximate surface area is 118 Å². The Bertz CT molecular complexity index is 588. The molecule has 20 heavy (non-hydrogen) atoms. The molecule has 4 nitrogen and oxygen atoms in total. The summed E-state index contributed by atoms with van der Waals surface area (Å²) in [5, 5.41) is 3.32. The molecular formula is C15H19FN2O2. The van der Waals surface area contributed by atoms with E-state index in [1.165, 1.54) is 13.2 Å². The topological polar surface area (TPSA) is 47.3 Å². The summed E-state index contributed by atoms with van der Waals surface area (Å²) in [6.07, 6.45) is 1.58. The van der Waals surface area contributed by atoms with Crippen LogP contribution in [0.5, 0.6) is 5.75 Å². The van der Waals surface area contributed by atoms with Crippen molar-refractivity contribution in [3.05, 3.63) is 36.0 Å². The molecule has 0 saturated carbocycles. The fraction of sp³-hybridized carbons (Fsp3) is 0.400. The van der Waals surface area contributed by atoms with Gasteiger partial charge in [0.1, 0.15) is 6.26 Å². The number of oxazole rings is 1. The predicted molar refractivity (Wildman–Crippen MR) is 75.0 cm³/mol. The number of aromatic nitrogens is 1. The number of benzene rings is 1. The van der Waals surface area contributed by atoms with Crippen LogP contribution in [-0.2, 0) is 6.54 Å². The molecule has 5 heteroatoms. The Morgan fingerprint density at radius 2 is 2.10 bits per heavy atom. The Balaban J connectivity index is 2.14. The molecule has 0 amide bonds. The number of methoxy groups -OCH3 is 1. The van der Waals surface area contributed by atoms with Crippen molar-refractivity contribution >= 4 is 0 Å². The Morgan fingerprint density at radius 1 is 1.35 bits per heavy atom. The third-order valence-corrected chi connectivity index (χ3v) is 2.75. The van der Waals surface area contributed by atoms with Crippen LogP contribution in [-0.4, -0.2) is 17.6 Å². The molecule has 0 atom stereocenters. The van der Waals surface area contributed by atoms with E-state index in [1.807, 2.05) is 0 Å². The lowest BCUT2D eigenvalue weighted by atomic mass is 10.1. The summed E-state index contributed by atoms with van der Waals surface area (Å²) in [5.74, 6) is 0.171. The first-order valence-corrected chi connectivity index (χ1v) is 6.42. The highest BCUT2D eigenvalue weighted by Gasteiger charge is 2.13. The molecule has 0 spiro atoms. The molecule has 1 aromatic heterocycles. The van der Waals surface area contributed by atoms with Gasteiger partial charge in [-0.1, -0.05) is 0 Å². The van der Waals surface area contributed by atoms with Crippen molar-refractivity contribution in [2.75, 3.05) is 7.11 Å². The van der Waals surface area contributed by atoms with Crippen LogP contribution in [0.4, 0.5) is 4.39 Å². The van der Waals surface area contributed by atoms with Gasteiger partial charge in [-0.25, -0.2) is 9.37 Å². The van der Waals surface area contributed by atoms with E-state index >= 15 is 0 Å². The van der Waals surface area contributed by atoms with Gasteiger partial charge in [-0.2, -0.15) is 0 Å². The van der Waals surface area contributed by atoms with E-state index < -0.39 is 5.82 Å². The van der Waals surface area contributed by atoms with Crippen LogP contribution in [0.2, 0.25) is 0 Å². The molecule has 0 aliphatic rings. The standard InChI is InChI=1S/C15H19FN2O2/c1-15(2,3)17-8-11-9-20-14(18-11)10-5-6-13(19-4)12(16)7-10/h5-7,9,17H,8H2,1-4H3. The second kappa shape index (κ2) is 5.63. The lowest BCUT2D eigenvalue weighted by Crippen LogP contribution is -2.35. The van der Waals surface area contributed by atoms with Gasteiger partial charge in [0.15, 0.2) is 11.6 Å². The normalized spacial score (nSPS) is 11.7. The Morgan fingerprint density at radius 3 is 2.70 bits per heavy atom. The zero-order chi connectivity index (χ0) is 14.8. The third kappa shape index (κ3) is 3.57. The maximum Gasteiger partial charge on any atom is 0.226 e. The quantitative estimate of drug-likeness (QED) is 0.931. The molecule has 1 N–H and O–H groups in total. The number of hydrogen-bond acceptors (Lipinski definition) is 4. The monoisotopic (exact) mass is 278 g/mol. The number of nitrogens with one attached hydrogen (secondary N) is 1. The van der Waals surface area contributed by atoms with E-state index in [1.54, 1.807) is 18.4 Å². The predicted octanol–water partition coefficient (Wildman–Crippen LogP) is 3.38. The van der Waals surface area contributed by atoms with E-state index in [-0.39, 0.29) is 11.3 Å². The molecule has 2 rings (SSSR count). The van der Waals surface area contributed by atoms with Gasteiger partial charge in [0.05, 0.1) is 12.8 Å². The number of ether oxygens (including phenoxy) is 1. The summed E-state index contributed by atoms with van der Waals surface area (Å²) in [6.45, 7) is 6.83. The summed E-state index contributed by atoms with van der Waals surface area (Å²) >= 11 is 0. The maximum absolute atomic E-state index is 13.6. The molecule has 0 aliphatic heterocycles. The van der Waals surface area contributed by atoms with Crippen molar-refractivity contribution in [1.29, 1.82) is 0 Å². The molecule has 0 fully saturated rings. The molecule has 1 aromatic carbocycles. The van der Waals surface area contributed by atoms with Crippen LogP contribution in [0.1, 0.15) is 26.5 Å². The van der Waals surface area contributed by atoms with Crippen molar-refractivity contribution < 1.29 is 13.5 Å². The summed E-state index contributed by atoms with van der Waals surface area (Å²) in [5.41, 5.74) is 1.38. The fourth-order valence-corrected chi connectivity index (χ4v) is 1.68. The van der Waals surface area contributed by atoms with Crippen LogP contribution in [0.15, 0.2) is 28.9 Å². The smallest absolute Gasteiger partial charge is 0.226 e. The minimum Gasteiger partial charge on any atom is -0.494 e. The highest BCUT2D eigenvalue weighted by Crippen LogP contribution is 2.25. The number of rotatable bonds is 4. The zero-order valence-corrected chi connectivity index (χ0v) is 12.2. The SMILES string of the molecule is COc1ccc(-c2nc(CNC(C)(C)C)co2)cc1F. The molecule has 1 heterocycles. The van der Waals surface area contributed by atoms with E-state index in [9.17, 15) is 4.39 Å². The molecule has 2 aromatic rings. The number of hydrogen-bond donors (Lipinski definition) is 1. The van der Waals surface area contributed by atoms with Gasteiger partial charge in [-0.05, 0) is 39.0 Å². The molecule has 0 saturated heterocycles. The van der Waals surface area contributed by atoms with Gasteiger partial charge in [0.2, 0.25) is 5.89 Å². The largest absolute Gasteiger partial charge is 0.494 e. The average Bonchev–Trinajstić information content (AvgIpc) is 2.84. The Hall–Kier alpha value is -1.88. The van der Waals surface area contributed by atoms with E-state index in [4.69, 9.17) is 9.15 Å². The minimum absolute atomic E-state index is 0.00529.